The molecule has 68 valence electrons. The number of rotatable bonds is 1. The van der Waals surface area contributed by atoms with Crippen molar-refractivity contribution >= 4 is 5.97 Å². The highest BCUT2D eigenvalue weighted by molar-refractivity contribution is 5.73. The summed E-state index contributed by atoms with van der Waals surface area (Å²) in [5.41, 5.74) is 1.19. The van der Waals surface area contributed by atoms with Gasteiger partial charge in [0.25, 0.3) is 0 Å². The van der Waals surface area contributed by atoms with E-state index in [1.807, 2.05) is 6.92 Å². The Morgan fingerprint density at radius 2 is 2.17 bits per heavy atom. The van der Waals surface area contributed by atoms with Crippen LogP contribution in [0.3, 0.4) is 0 Å². The molecule has 0 heterocycles. The second-order valence-electron chi connectivity index (χ2n) is 3.63. The molecule has 1 saturated carbocycles. The van der Waals surface area contributed by atoms with Gasteiger partial charge in [-0.3, -0.25) is 4.79 Å². The third-order valence-electron chi connectivity index (χ3n) is 2.93. The van der Waals surface area contributed by atoms with Crippen molar-refractivity contribution in [1.29, 1.82) is 0 Å². The van der Waals surface area contributed by atoms with Gasteiger partial charge in [-0.25, -0.2) is 0 Å². The molecule has 2 nitrogen and oxygen atoms in total. The van der Waals surface area contributed by atoms with Gasteiger partial charge in [-0.05, 0) is 18.3 Å². The van der Waals surface area contributed by atoms with Crippen molar-refractivity contribution in [3.8, 4) is 0 Å². The van der Waals surface area contributed by atoms with Crippen LogP contribution in [0, 0.1) is 17.8 Å². The van der Waals surface area contributed by atoms with E-state index < -0.39 is 0 Å². The Morgan fingerprint density at radius 1 is 1.58 bits per heavy atom. The van der Waals surface area contributed by atoms with Crippen molar-refractivity contribution in [2.75, 3.05) is 7.11 Å². The molecule has 0 aromatic rings. The van der Waals surface area contributed by atoms with E-state index in [1.54, 1.807) is 0 Å². The standard InChI is InChI=1S/C10H16O2/c1-6-5-9(10(11)12-4)8(3)7(6)2/h6,8-9H,2,5H2,1,3-4H3. The zero-order chi connectivity index (χ0) is 9.30. The molecule has 0 aliphatic heterocycles. The summed E-state index contributed by atoms with van der Waals surface area (Å²) in [7, 11) is 1.45. The molecule has 0 aromatic heterocycles. The lowest BCUT2D eigenvalue weighted by Crippen LogP contribution is -2.18. The third kappa shape index (κ3) is 1.38. The molecule has 0 radical (unpaired) electrons. The van der Waals surface area contributed by atoms with Crippen molar-refractivity contribution in [2.24, 2.45) is 17.8 Å². The number of carbonyl (C=O) groups excluding carboxylic acids is 1. The first-order valence-corrected chi connectivity index (χ1v) is 4.34. The molecule has 0 amide bonds. The van der Waals surface area contributed by atoms with E-state index in [0.29, 0.717) is 5.92 Å². The van der Waals surface area contributed by atoms with Gasteiger partial charge >= 0.3 is 5.97 Å². The normalized spacial score (nSPS) is 35.2. The van der Waals surface area contributed by atoms with Gasteiger partial charge in [0.05, 0.1) is 13.0 Å². The van der Waals surface area contributed by atoms with Crippen LogP contribution in [-0.2, 0) is 9.53 Å². The summed E-state index contributed by atoms with van der Waals surface area (Å²) < 4.78 is 4.72. The van der Waals surface area contributed by atoms with E-state index in [-0.39, 0.29) is 17.8 Å². The van der Waals surface area contributed by atoms with Crippen molar-refractivity contribution in [1.82, 2.24) is 0 Å². The highest BCUT2D eigenvalue weighted by Gasteiger charge is 2.37. The number of methoxy groups -OCH3 is 1. The van der Waals surface area contributed by atoms with E-state index >= 15 is 0 Å². The summed E-state index contributed by atoms with van der Waals surface area (Å²) in [6, 6.07) is 0. The first kappa shape index (κ1) is 9.30. The van der Waals surface area contributed by atoms with Crippen molar-refractivity contribution in [3.05, 3.63) is 12.2 Å². The zero-order valence-electron chi connectivity index (χ0n) is 7.96. The third-order valence-corrected chi connectivity index (χ3v) is 2.93. The molecule has 0 saturated heterocycles. The molecule has 0 bridgehead atoms. The SMILES string of the molecule is C=C1C(C)CC(C(=O)OC)C1C. The first-order chi connectivity index (χ1) is 5.57. The molecular weight excluding hydrogens is 152 g/mol. The van der Waals surface area contributed by atoms with E-state index in [4.69, 9.17) is 4.74 Å². The maximum absolute atomic E-state index is 11.3. The molecule has 2 heteroatoms. The van der Waals surface area contributed by atoms with Crippen LogP contribution in [0.2, 0.25) is 0 Å². The Labute approximate surface area is 73.6 Å². The van der Waals surface area contributed by atoms with E-state index in [9.17, 15) is 4.79 Å². The summed E-state index contributed by atoms with van der Waals surface area (Å²) >= 11 is 0. The van der Waals surface area contributed by atoms with E-state index in [2.05, 4.69) is 13.5 Å². The number of hydrogen-bond donors (Lipinski definition) is 0. The van der Waals surface area contributed by atoms with Crippen LogP contribution in [0.1, 0.15) is 20.3 Å². The summed E-state index contributed by atoms with van der Waals surface area (Å²) in [6.45, 7) is 8.14. The maximum atomic E-state index is 11.3. The summed E-state index contributed by atoms with van der Waals surface area (Å²) in [5.74, 6) is 0.696. The molecule has 1 fully saturated rings. The average molecular weight is 168 g/mol. The molecular formula is C10H16O2. The van der Waals surface area contributed by atoms with Gasteiger partial charge in [-0.2, -0.15) is 0 Å². The van der Waals surface area contributed by atoms with Gasteiger partial charge in [0.15, 0.2) is 0 Å². The van der Waals surface area contributed by atoms with E-state index in [0.717, 1.165) is 6.42 Å². The topological polar surface area (TPSA) is 26.3 Å². The molecule has 0 aromatic carbocycles. The Kier molecular flexibility index (Phi) is 2.55. The van der Waals surface area contributed by atoms with Gasteiger partial charge in [-0.1, -0.05) is 26.0 Å². The smallest absolute Gasteiger partial charge is 0.309 e. The summed E-state index contributed by atoms with van der Waals surface area (Å²) in [6.07, 6.45) is 0.896. The molecule has 1 aliphatic carbocycles. The fourth-order valence-corrected chi connectivity index (χ4v) is 1.90. The second-order valence-corrected chi connectivity index (χ2v) is 3.63. The fraction of sp³-hybridized carbons (Fsp3) is 0.700. The zero-order valence-corrected chi connectivity index (χ0v) is 7.96. The molecule has 1 aliphatic rings. The van der Waals surface area contributed by atoms with Crippen molar-refractivity contribution in [2.45, 2.75) is 20.3 Å². The molecule has 3 unspecified atom stereocenters. The molecule has 12 heavy (non-hydrogen) atoms. The molecule has 0 N–H and O–H groups in total. The van der Waals surface area contributed by atoms with Gasteiger partial charge in [0.2, 0.25) is 0 Å². The van der Waals surface area contributed by atoms with Gasteiger partial charge in [-0.15, -0.1) is 0 Å². The minimum absolute atomic E-state index is 0.0394. The highest BCUT2D eigenvalue weighted by atomic mass is 16.5. The van der Waals surface area contributed by atoms with Crippen molar-refractivity contribution in [3.63, 3.8) is 0 Å². The van der Waals surface area contributed by atoms with Crippen LogP contribution in [0.4, 0.5) is 0 Å². The van der Waals surface area contributed by atoms with E-state index in [1.165, 1.54) is 12.7 Å². The molecule has 3 atom stereocenters. The van der Waals surface area contributed by atoms with Crippen LogP contribution in [-0.4, -0.2) is 13.1 Å². The Morgan fingerprint density at radius 3 is 2.50 bits per heavy atom. The van der Waals surface area contributed by atoms with Crippen LogP contribution in [0.25, 0.3) is 0 Å². The highest BCUT2D eigenvalue weighted by Crippen LogP contribution is 2.39. The summed E-state index contributed by atoms with van der Waals surface area (Å²) in [5, 5.41) is 0. The number of ether oxygens (including phenoxy) is 1. The van der Waals surface area contributed by atoms with Gasteiger partial charge < -0.3 is 4.74 Å². The van der Waals surface area contributed by atoms with Crippen LogP contribution >= 0.6 is 0 Å². The van der Waals surface area contributed by atoms with Crippen LogP contribution in [0.5, 0.6) is 0 Å². The first-order valence-electron chi connectivity index (χ1n) is 4.34. The predicted molar refractivity (Wildman–Crippen MR) is 47.6 cm³/mol. The Bertz CT molecular complexity index is 208. The Hall–Kier alpha value is -0.790. The minimum atomic E-state index is -0.0898. The second kappa shape index (κ2) is 3.30. The lowest BCUT2D eigenvalue weighted by molar-refractivity contribution is -0.146. The summed E-state index contributed by atoms with van der Waals surface area (Å²) in [4.78, 5) is 11.3. The Balaban J connectivity index is 2.71. The fourth-order valence-electron chi connectivity index (χ4n) is 1.90. The minimum Gasteiger partial charge on any atom is -0.469 e. The number of hydrogen-bond acceptors (Lipinski definition) is 2. The van der Waals surface area contributed by atoms with Gasteiger partial charge in [0, 0.05) is 0 Å². The van der Waals surface area contributed by atoms with Crippen LogP contribution < -0.4 is 0 Å². The number of carbonyl (C=O) groups is 1. The van der Waals surface area contributed by atoms with Crippen molar-refractivity contribution < 1.29 is 9.53 Å². The average Bonchev–Trinajstić information content (AvgIpc) is 2.32. The molecule has 0 spiro atoms. The lowest BCUT2D eigenvalue weighted by Gasteiger charge is -2.12. The predicted octanol–water partition coefficient (Wildman–Crippen LogP) is 2.01. The van der Waals surface area contributed by atoms with Crippen LogP contribution in [0.15, 0.2) is 12.2 Å². The quantitative estimate of drug-likeness (QED) is 0.442. The largest absolute Gasteiger partial charge is 0.469 e. The number of allylic oxidation sites excluding steroid dienone is 1. The monoisotopic (exact) mass is 168 g/mol. The number of esters is 1. The van der Waals surface area contributed by atoms with Gasteiger partial charge in [0.1, 0.15) is 0 Å². The lowest BCUT2D eigenvalue weighted by atomic mass is 9.96. The maximum Gasteiger partial charge on any atom is 0.309 e. The molecule has 1 rings (SSSR count).